The first-order valence-corrected chi connectivity index (χ1v) is 7.10. The fraction of sp³-hybridized carbons (Fsp3) is 0.562. The first-order chi connectivity index (χ1) is 9.40. The maximum atomic E-state index is 12.3. The molecule has 0 aliphatic rings. The minimum absolute atomic E-state index is 0.332. The lowest BCUT2D eigenvalue weighted by Gasteiger charge is -2.32. The summed E-state index contributed by atoms with van der Waals surface area (Å²) in [5.41, 5.74) is 6.07. The highest BCUT2D eigenvalue weighted by Gasteiger charge is 2.38. The lowest BCUT2D eigenvalue weighted by molar-refractivity contribution is -0.150. The van der Waals surface area contributed by atoms with Gasteiger partial charge in [0.25, 0.3) is 0 Å². The maximum Gasteiger partial charge on any atom is 0.332 e. The van der Waals surface area contributed by atoms with E-state index >= 15 is 0 Å². The first kappa shape index (κ1) is 16.7. The minimum atomic E-state index is -1.12. The van der Waals surface area contributed by atoms with Crippen LogP contribution in [0.2, 0.25) is 0 Å². The van der Waals surface area contributed by atoms with E-state index in [4.69, 9.17) is 10.5 Å². The zero-order chi connectivity index (χ0) is 15.2. The van der Waals surface area contributed by atoms with Crippen molar-refractivity contribution in [1.82, 2.24) is 4.90 Å². The molecule has 1 aromatic carbocycles. The number of rotatable bonds is 7. The molecule has 0 aromatic heterocycles. The minimum Gasteiger partial charge on any atom is -0.464 e. The molecule has 0 radical (unpaired) electrons. The van der Waals surface area contributed by atoms with Gasteiger partial charge in [-0.25, -0.2) is 4.79 Å². The summed E-state index contributed by atoms with van der Waals surface area (Å²) in [6.45, 7) is 7.72. The first-order valence-electron chi connectivity index (χ1n) is 7.10. The Balaban J connectivity index is 2.99. The standard InChI is InChI=1S/C16H26N2O2/c1-5-20-15(19)16(17,12-18(4)11-13(2)3)14-9-7-6-8-10-14/h6-10,13H,5,11-12,17H2,1-4H3. The van der Waals surface area contributed by atoms with Gasteiger partial charge >= 0.3 is 5.97 Å². The smallest absolute Gasteiger partial charge is 0.332 e. The third-order valence-corrected chi connectivity index (χ3v) is 3.12. The summed E-state index contributed by atoms with van der Waals surface area (Å²) < 4.78 is 5.18. The van der Waals surface area contributed by atoms with Gasteiger partial charge in [-0.15, -0.1) is 0 Å². The van der Waals surface area contributed by atoms with E-state index < -0.39 is 5.54 Å². The number of benzene rings is 1. The van der Waals surface area contributed by atoms with Gasteiger partial charge in [0.2, 0.25) is 0 Å². The largest absolute Gasteiger partial charge is 0.464 e. The van der Waals surface area contributed by atoms with Crippen LogP contribution in [0, 0.1) is 5.92 Å². The molecule has 0 amide bonds. The van der Waals surface area contributed by atoms with Gasteiger partial charge in [0.1, 0.15) is 0 Å². The molecule has 1 aromatic rings. The summed E-state index contributed by atoms with van der Waals surface area (Å²) in [6, 6.07) is 9.43. The number of likely N-dealkylation sites (N-methyl/N-ethyl adjacent to an activating group) is 1. The molecule has 1 rings (SSSR count). The van der Waals surface area contributed by atoms with Crippen molar-refractivity contribution in [2.24, 2.45) is 11.7 Å². The highest BCUT2D eigenvalue weighted by molar-refractivity contribution is 5.82. The molecular weight excluding hydrogens is 252 g/mol. The molecule has 4 heteroatoms. The van der Waals surface area contributed by atoms with Gasteiger partial charge in [-0.05, 0) is 25.5 Å². The quantitative estimate of drug-likeness (QED) is 0.775. The summed E-state index contributed by atoms with van der Waals surface area (Å²) >= 11 is 0. The van der Waals surface area contributed by atoms with Crippen molar-refractivity contribution in [2.45, 2.75) is 26.3 Å². The van der Waals surface area contributed by atoms with Gasteiger partial charge in [-0.3, -0.25) is 0 Å². The Hall–Kier alpha value is -1.39. The number of ether oxygens (including phenoxy) is 1. The second-order valence-corrected chi connectivity index (χ2v) is 5.65. The zero-order valence-electron chi connectivity index (χ0n) is 12.9. The van der Waals surface area contributed by atoms with Crippen LogP contribution in [0.4, 0.5) is 0 Å². The van der Waals surface area contributed by atoms with E-state index in [1.807, 2.05) is 37.4 Å². The second-order valence-electron chi connectivity index (χ2n) is 5.65. The Morgan fingerprint density at radius 1 is 1.35 bits per heavy atom. The zero-order valence-corrected chi connectivity index (χ0v) is 12.9. The lowest BCUT2D eigenvalue weighted by Crippen LogP contribution is -2.54. The van der Waals surface area contributed by atoms with Gasteiger partial charge in [0.15, 0.2) is 5.54 Å². The average Bonchev–Trinajstić information content (AvgIpc) is 2.38. The Kier molecular flexibility index (Phi) is 6.17. The molecule has 1 unspecified atom stereocenters. The molecule has 0 saturated carbocycles. The normalized spacial score (nSPS) is 14.3. The lowest BCUT2D eigenvalue weighted by atomic mass is 9.90. The van der Waals surface area contributed by atoms with Crippen LogP contribution in [0.15, 0.2) is 30.3 Å². The monoisotopic (exact) mass is 278 g/mol. The summed E-state index contributed by atoms with van der Waals surface area (Å²) in [6.07, 6.45) is 0. The molecular formula is C16H26N2O2. The highest BCUT2D eigenvalue weighted by atomic mass is 16.5. The van der Waals surface area contributed by atoms with Crippen LogP contribution in [0.3, 0.4) is 0 Å². The summed E-state index contributed by atoms with van der Waals surface area (Å²) in [4.78, 5) is 14.4. The van der Waals surface area contributed by atoms with Crippen molar-refractivity contribution < 1.29 is 9.53 Å². The fourth-order valence-electron chi connectivity index (χ4n) is 2.38. The molecule has 0 fully saturated rings. The maximum absolute atomic E-state index is 12.3. The molecule has 1 atom stereocenters. The van der Waals surface area contributed by atoms with Crippen LogP contribution in [-0.4, -0.2) is 37.6 Å². The van der Waals surface area contributed by atoms with Gasteiger partial charge < -0.3 is 15.4 Å². The number of hydrogen-bond donors (Lipinski definition) is 1. The van der Waals surface area contributed by atoms with Gasteiger partial charge in [-0.1, -0.05) is 44.2 Å². The van der Waals surface area contributed by atoms with Crippen LogP contribution < -0.4 is 5.73 Å². The van der Waals surface area contributed by atoms with Gasteiger partial charge in [-0.2, -0.15) is 0 Å². The van der Waals surface area contributed by atoms with Crippen LogP contribution in [0.5, 0.6) is 0 Å². The SMILES string of the molecule is CCOC(=O)C(N)(CN(C)CC(C)C)c1ccccc1. The van der Waals surface area contributed by atoms with Crippen LogP contribution in [-0.2, 0) is 15.1 Å². The van der Waals surface area contributed by atoms with E-state index in [-0.39, 0.29) is 5.97 Å². The molecule has 0 saturated heterocycles. The van der Waals surface area contributed by atoms with Crippen molar-refractivity contribution in [2.75, 3.05) is 26.7 Å². The molecule has 0 aliphatic heterocycles. The summed E-state index contributed by atoms with van der Waals surface area (Å²) in [5, 5.41) is 0. The van der Waals surface area contributed by atoms with Crippen molar-refractivity contribution in [1.29, 1.82) is 0 Å². The number of hydrogen-bond acceptors (Lipinski definition) is 4. The Morgan fingerprint density at radius 3 is 2.45 bits per heavy atom. The predicted molar refractivity (Wildman–Crippen MR) is 81.3 cm³/mol. The Labute approximate surface area is 121 Å². The summed E-state index contributed by atoms with van der Waals surface area (Å²) in [5.74, 6) is 0.143. The summed E-state index contributed by atoms with van der Waals surface area (Å²) in [7, 11) is 1.98. The number of nitrogens with zero attached hydrogens (tertiary/aromatic N) is 1. The number of esters is 1. The van der Waals surface area contributed by atoms with Crippen molar-refractivity contribution in [3.8, 4) is 0 Å². The van der Waals surface area contributed by atoms with Crippen LogP contribution >= 0.6 is 0 Å². The van der Waals surface area contributed by atoms with E-state index in [1.165, 1.54) is 0 Å². The van der Waals surface area contributed by atoms with E-state index in [0.717, 1.165) is 12.1 Å². The molecule has 4 nitrogen and oxygen atoms in total. The van der Waals surface area contributed by atoms with Crippen molar-refractivity contribution >= 4 is 5.97 Å². The molecule has 20 heavy (non-hydrogen) atoms. The van der Waals surface area contributed by atoms with Crippen molar-refractivity contribution in [3.63, 3.8) is 0 Å². The van der Waals surface area contributed by atoms with Gasteiger partial charge in [0, 0.05) is 13.1 Å². The van der Waals surface area contributed by atoms with Crippen molar-refractivity contribution in [3.05, 3.63) is 35.9 Å². The van der Waals surface area contributed by atoms with Crippen LogP contribution in [0.25, 0.3) is 0 Å². The number of nitrogens with two attached hydrogens (primary N) is 1. The number of carbonyl (C=O) groups is 1. The second kappa shape index (κ2) is 7.41. The molecule has 0 heterocycles. The van der Waals surface area contributed by atoms with E-state index in [9.17, 15) is 4.79 Å². The topological polar surface area (TPSA) is 55.6 Å². The van der Waals surface area contributed by atoms with Gasteiger partial charge in [0.05, 0.1) is 6.61 Å². The number of carbonyl (C=O) groups excluding carboxylic acids is 1. The molecule has 0 aliphatic carbocycles. The average molecular weight is 278 g/mol. The molecule has 112 valence electrons. The third kappa shape index (κ3) is 4.32. The van der Waals surface area contributed by atoms with E-state index in [2.05, 4.69) is 18.7 Å². The highest BCUT2D eigenvalue weighted by Crippen LogP contribution is 2.21. The molecule has 2 N–H and O–H groups in total. The molecule has 0 spiro atoms. The fourth-order valence-corrected chi connectivity index (χ4v) is 2.38. The van der Waals surface area contributed by atoms with E-state index in [0.29, 0.717) is 19.1 Å². The van der Waals surface area contributed by atoms with E-state index in [1.54, 1.807) is 6.92 Å². The Morgan fingerprint density at radius 2 is 1.95 bits per heavy atom. The third-order valence-electron chi connectivity index (χ3n) is 3.12. The molecule has 0 bridgehead atoms. The Bertz CT molecular complexity index is 420. The van der Waals surface area contributed by atoms with Crippen LogP contribution in [0.1, 0.15) is 26.3 Å². The predicted octanol–water partition coefficient (Wildman–Crippen LogP) is 1.99.